The van der Waals surface area contributed by atoms with Gasteiger partial charge in [-0.3, -0.25) is 9.59 Å². The van der Waals surface area contributed by atoms with Gasteiger partial charge in [0.2, 0.25) is 5.91 Å². The van der Waals surface area contributed by atoms with Crippen LogP contribution in [0.15, 0.2) is 12.2 Å². The van der Waals surface area contributed by atoms with E-state index >= 15 is 0 Å². The van der Waals surface area contributed by atoms with Gasteiger partial charge in [-0.1, -0.05) is 463 Å². The van der Waals surface area contributed by atoms with E-state index in [2.05, 4.69) is 19.2 Å². The summed E-state index contributed by atoms with van der Waals surface area (Å²) >= 11 is 0. The van der Waals surface area contributed by atoms with Gasteiger partial charge in [0, 0.05) is 12.8 Å². The molecule has 0 aliphatic rings. The Balaban J connectivity index is 3.31. The molecule has 0 saturated carbocycles. The molecule has 3 N–H and O–H groups in total. The van der Waals surface area contributed by atoms with Crippen molar-refractivity contribution < 1.29 is 24.5 Å². The van der Waals surface area contributed by atoms with Crippen LogP contribution in [0.25, 0.3) is 0 Å². The normalized spacial score (nSPS) is 12.4. The number of ether oxygens (including phenoxy) is 1. The van der Waals surface area contributed by atoms with Gasteiger partial charge in [-0.15, -0.1) is 0 Å². The fourth-order valence-electron chi connectivity index (χ4n) is 13.9. The summed E-state index contributed by atoms with van der Waals surface area (Å²) in [5, 5.41) is 23.3. The Labute approximate surface area is 571 Å². The van der Waals surface area contributed by atoms with Crippen LogP contribution in [0.1, 0.15) is 495 Å². The van der Waals surface area contributed by atoms with Crippen molar-refractivity contribution in [3.8, 4) is 0 Å². The number of carbonyl (C=O) groups is 2. The number of hydrogen-bond donors (Lipinski definition) is 3. The van der Waals surface area contributed by atoms with Gasteiger partial charge in [0.15, 0.2) is 0 Å². The molecule has 2 unspecified atom stereocenters. The van der Waals surface area contributed by atoms with Crippen molar-refractivity contribution in [1.29, 1.82) is 0 Å². The van der Waals surface area contributed by atoms with Gasteiger partial charge < -0.3 is 20.3 Å². The van der Waals surface area contributed by atoms with Crippen molar-refractivity contribution in [3.05, 3.63) is 12.2 Å². The second-order valence-corrected chi connectivity index (χ2v) is 29.5. The quantitative estimate of drug-likeness (QED) is 0.0320. The van der Waals surface area contributed by atoms with Crippen molar-refractivity contribution in [1.82, 2.24) is 5.32 Å². The lowest BCUT2D eigenvalue weighted by Gasteiger charge is -2.20. The highest BCUT2D eigenvalue weighted by atomic mass is 16.5. The van der Waals surface area contributed by atoms with Crippen molar-refractivity contribution in [2.45, 2.75) is 508 Å². The third-order valence-electron chi connectivity index (χ3n) is 20.3. The second-order valence-electron chi connectivity index (χ2n) is 29.5. The molecule has 0 aliphatic heterocycles. The van der Waals surface area contributed by atoms with Crippen LogP contribution in [0.5, 0.6) is 0 Å². The van der Waals surface area contributed by atoms with Crippen LogP contribution in [-0.4, -0.2) is 47.4 Å². The zero-order valence-corrected chi connectivity index (χ0v) is 62.4. The summed E-state index contributed by atoms with van der Waals surface area (Å²) in [6, 6.07) is -0.624. The summed E-state index contributed by atoms with van der Waals surface area (Å²) in [5.74, 6) is -0.0289. The predicted molar refractivity (Wildman–Crippen MR) is 403 cm³/mol. The molecule has 0 bridgehead atoms. The molecule has 0 aliphatic carbocycles. The summed E-state index contributed by atoms with van der Waals surface area (Å²) in [6.07, 6.45) is 104. The first-order valence-corrected chi connectivity index (χ1v) is 42.5. The monoisotopic (exact) mass is 1280 g/mol. The van der Waals surface area contributed by atoms with E-state index in [0.717, 1.165) is 38.5 Å². The van der Waals surface area contributed by atoms with Gasteiger partial charge in [-0.05, 0) is 32.1 Å². The minimum atomic E-state index is -0.841. The molecule has 0 radical (unpaired) electrons. The largest absolute Gasteiger partial charge is 0.466 e. The van der Waals surface area contributed by atoms with E-state index in [-0.39, 0.29) is 18.5 Å². The standard InChI is InChI=1S/C85H167NO5/c1-3-5-7-9-11-13-15-17-19-21-23-39-42-45-49-53-57-61-65-69-73-77-83(88)82(81-87)86-84(89)78-74-70-66-62-58-54-50-46-43-40-37-35-33-31-29-27-25-24-26-28-30-32-34-36-38-41-44-48-52-56-60-64-68-72-76-80-91-85(90)79-75-71-67-63-59-55-51-47-22-20-18-16-14-12-10-8-6-4-2/h73,77,82-83,87-88H,3-72,74-76,78-81H2,1-2H3,(H,86,89)/b77-73+. The van der Waals surface area contributed by atoms with E-state index in [1.54, 1.807) is 6.08 Å². The van der Waals surface area contributed by atoms with Crippen molar-refractivity contribution in [2.75, 3.05) is 13.2 Å². The third kappa shape index (κ3) is 77.5. The summed E-state index contributed by atoms with van der Waals surface area (Å²) in [7, 11) is 0. The average molecular weight is 1280 g/mol. The fraction of sp³-hybridized carbons (Fsp3) is 0.953. The maximum absolute atomic E-state index is 12.6. The maximum Gasteiger partial charge on any atom is 0.305 e. The summed E-state index contributed by atoms with van der Waals surface area (Å²) in [6.45, 7) is 4.98. The highest BCUT2D eigenvalue weighted by molar-refractivity contribution is 5.76. The van der Waals surface area contributed by atoms with Crippen LogP contribution in [0, 0.1) is 0 Å². The van der Waals surface area contributed by atoms with Gasteiger partial charge >= 0.3 is 5.97 Å². The predicted octanol–water partition coefficient (Wildman–Crippen LogP) is 28.2. The van der Waals surface area contributed by atoms with E-state index in [1.807, 2.05) is 6.08 Å². The zero-order valence-electron chi connectivity index (χ0n) is 62.4. The molecule has 542 valence electrons. The molecule has 0 spiro atoms. The molecule has 91 heavy (non-hydrogen) atoms. The van der Waals surface area contributed by atoms with Gasteiger partial charge in [-0.25, -0.2) is 0 Å². The minimum absolute atomic E-state index is 0.0282. The molecular weight excluding hydrogens is 1110 g/mol. The molecule has 0 aromatic carbocycles. The SMILES string of the molecule is CCCCCCCCCCCCCCCCCCCCC/C=C/C(O)C(CO)NC(=O)CCCCCCCCCCCCCCCCCCCCCCCCCCCCCCCCCCCCCOC(=O)CCCCCCCCCCCCCCCCCCCC. The topological polar surface area (TPSA) is 95.9 Å². The number of carbonyl (C=O) groups excluding carboxylic acids is 2. The van der Waals surface area contributed by atoms with Crippen LogP contribution in [0.4, 0.5) is 0 Å². The van der Waals surface area contributed by atoms with Crippen molar-refractivity contribution >= 4 is 11.9 Å². The number of hydrogen-bond acceptors (Lipinski definition) is 5. The number of amides is 1. The molecule has 0 heterocycles. The Kier molecular flexibility index (Phi) is 79.8. The van der Waals surface area contributed by atoms with E-state index in [9.17, 15) is 19.8 Å². The molecular formula is C85H167NO5. The molecule has 0 aromatic heterocycles. The lowest BCUT2D eigenvalue weighted by molar-refractivity contribution is -0.143. The molecule has 6 nitrogen and oxygen atoms in total. The molecule has 0 rings (SSSR count). The van der Waals surface area contributed by atoms with Crippen molar-refractivity contribution in [3.63, 3.8) is 0 Å². The number of allylic oxidation sites excluding steroid dienone is 1. The molecule has 0 fully saturated rings. The van der Waals surface area contributed by atoms with Gasteiger partial charge in [-0.2, -0.15) is 0 Å². The van der Waals surface area contributed by atoms with E-state index in [1.165, 1.54) is 430 Å². The molecule has 6 heteroatoms. The maximum atomic E-state index is 12.6. The highest BCUT2D eigenvalue weighted by Crippen LogP contribution is 2.21. The number of aliphatic hydroxyl groups excluding tert-OH is 2. The smallest absolute Gasteiger partial charge is 0.305 e. The van der Waals surface area contributed by atoms with E-state index < -0.39 is 12.1 Å². The molecule has 0 saturated heterocycles. The van der Waals surface area contributed by atoms with Crippen LogP contribution in [-0.2, 0) is 14.3 Å². The molecule has 0 aromatic rings. The first kappa shape index (κ1) is 89.6. The van der Waals surface area contributed by atoms with E-state index in [4.69, 9.17) is 4.74 Å². The minimum Gasteiger partial charge on any atom is -0.466 e. The Bertz CT molecular complexity index is 1380. The third-order valence-corrected chi connectivity index (χ3v) is 20.3. The van der Waals surface area contributed by atoms with Crippen LogP contribution in [0.3, 0.4) is 0 Å². The first-order chi connectivity index (χ1) is 45.0. The Morgan fingerprint density at radius 2 is 0.505 bits per heavy atom. The molecule has 2 atom stereocenters. The average Bonchev–Trinajstić information content (AvgIpc) is 3.59. The number of unbranched alkanes of at least 4 members (excludes halogenated alkanes) is 70. The number of rotatable bonds is 81. The highest BCUT2D eigenvalue weighted by Gasteiger charge is 2.18. The number of esters is 1. The lowest BCUT2D eigenvalue weighted by Crippen LogP contribution is -2.45. The summed E-state index contributed by atoms with van der Waals surface area (Å²) in [4.78, 5) is 24.7. The zero-order chi connectivity index (χ0) is 65.6. The van der Waals surface area contributed by atoms with Crippen LogP contribution >= 0.6 is 0 Å². The number of nitrogens with one attached hydrogen (secondary N) is 1. The molecule has 1 amide bonds. The summed E-state index contributed by atoms with van der Waals surface area (Å²) < 4.78 is 5.52. The number of aliphatic hydroxyl groups is 2. The Hall–Kier alpha value is -1.40. The lowest BCUT2D eigenvalue weighted by atomic mass is 10.0. The van der Waals surface area contributed by atoms with Crippen LogP contribution in [0.2, 0.25) is 0 Å². The van der Waals surface area contributed by atoms with Gasteiger partial charge in [0.1, 0.15) is 0 Å². The fourth-order valence-corrected chi connectivity index (χ4v) is 13.9. The Morgan fingerprint density at radius 3 is 0.747 bits per heavy atom. The summed E-state index contributed by atoms with van der Waals surface area (Å²) in [5.41, 5.74) is 0. The first-order valence-electron chi connectivity index (χ1n) is 42.5. The van der Waals surface area contributed by atoms with Gasteiger partial charge in [0.05, 0.1) is 25.4 Å². The second kappa shape index (κ2) is 81.0. The van der Waals surface area contributed by atoms with Crippen molar-refractivity contribution in [2.24, 2.45) is 0 Å². The van der Waals surface area contributed by atoms with E-state index in [0.29, 0.717) is 19.4 Å². The Morgan fingerprint density at radius 1 is 0.297 bits per heavy atom. The van der Waals surface area contributed by atoms with Gasteiger partial charge in [0.25, 0.3) is 0 Å². The van der Waals surface area contributed by atoms with Crippen LogP contribution < -0.4 is 5.32 Å².